The van der Waals surface area contributed by atoms with Crippen molar-refractivity contribution in [3.63, 3.8) is 0 Å². The van der Waals surface area contributed by atoms with Crippen LogP contribution in [0, 0.1) is 17.0 Å². The second kappa shape index (κ2) is 11.0. The summed E-state index contributed by atoms with van der Waals surface area (Å²) in [6.45, 7) is 8.40. The summed E-state index contributed by atoms with van der Waals surface area (Å²) < 4.78 is 7.96. The number of nitrogens with zero attached hydrogens (tertiary/aromatic N) is 4. The molecule has 0 bridgehead atoms. The smallest absolute Gasteiger partial charge is 0.271 e. The Balaban J connectivity index is 1.64. The normalized spacial score (nSPS) is 11.8. The highest BCUT2D eigenvalue weighted by Gasteiger charge is 2.20. The number of nitro groups is 1. The van der Waals surface area contributed by atoms with Gasteiger partial charge in [-0.1, -0.05) is 36.9 Å². The highest BCUT2D eigenvalue weighted by molar-refractivity contribution is 7.99. The van der Waals surface area contributed by atoms with Gasteiger partial charge in [-0.05, 0) is 50.5 Å². The number of rotatable bonds is 10. The van der Waals surface area contributed by atoms with Crippen LogP contribution < -0.4 is 10.1 Å². The summed E-state index contributed by atoms with van der Waals surface area (Å²) in [6.07, 6.45) is 0.648. The molecule has 0 saturated heterocycles. The molecule has 1 aromatic heterocycles. The van der Waals surface area contributed by atoms with E-state index in [4.69, 9.17) is 4.74 Å². The van der Waals surface area contributed by atoms with Gasteiger partial charge in [-0.15, -0.1) is 10.2 Å². The number of thioether (sulfide) groups is 1. The fourth-order valence-electron chi connectivity index (χ4n) is 3.24. The molecule has 0 fully saturated rings. The monoisotopic (exact) mass is 469 g/mol. The van der Waals surface area contributed by atoms with Gasteiger partial charge in [-0.2, -0.15) is 0 Å². The molecular formula is C23H27N5O4S. The number of carbonyl (C=O) groups excluding carboxylic acids is 1. The van der Waals surface area contributed by atoms with Crippen molar-refractivity contribution in [1.29, 1.82) is 0 Å². The molecule has 0 radical (unpaired) electrons. The lowest BCUT2D eigenvalue weighted by Gasteiger charge is -2.16. The fourth-order valence-corrected chi connectivity index (χ4v) is 4.05. The number of aryl methyl sites for hydroxylation is 2. The third-order valence-electron chi connectivity index (χ3n) is 5.11. The molecule has 0 spiro atoms. The number of amides is 1. The molecule has 0 aliphatic carbocycles. The van der Waals surface area contributed by atoms with Crippen molar-refractivity contribution in [1.82, 2.24) is 14.8 Å². The van der Waals surface area contributed by atoms with Gasteiger partial charge < -0.3 is 14.6 Å². The van der Waals surface area contributed by atoms with E-state index in [1.54, 1.807) is 13.0 Å². The molecule has 174 valence electrons. The van der Waals surface area contributed by atoms with Crippen molar-refractivity contribution in [3.05, 3.63) is 69.5 Å². The fraction of sp³-hybridized carbons (Fsp3) is 0.348. The van der Waals surface area contributed by atoms with Gasteiger partial charge in [0.05, 0.1) is 16.4 Å². The van der Waals surface area contributed by atoms with Crippen molar-refractivity contribution in [2.24, 2.45) is 0 Å². The van der Waals surface area contributed by atoms with Crippen LogP contribution in [0.5, 0.6) is 5.75 Å². The zero-order chi connectivity index (χ0) is 24.0. The Hall–Kier alpha value is -3.40. The summed E-state index contributed by atoms with van der Waals surface area (Å²) in [7, 11) is 0. The van der Waals surface area contributed by atoms with Crippen molar-refractivity contribution in [2.45, 2.75) is 51.9 Å². The molecule has 3 rings (SSSR count). The predicted molar refractivity (Wildman–Crippen MR) is 128 cm³/mol. The number of carbonyl (C=O) groups is 1. The van der Waals surface area contributed by atoms with Gasteiger partial charge in [0, 0.05) is 18.7 Å². The molecule has 10 heteroatoms. The molecule has 2 aromatic carbocycles. The second-order valence-electron chi connectivity index (χ2n) is 7.44. The Morgan fingerprint density at radius 2 is 1.94 bits per heavy atom. The average Bonchev–Trinajstić information content (AvgIpc) is 3.22. The summed E-state index contributed by atoms with van der Waals surface area (Å²) >= 11 is 1.25. The van der Waals surface area contributed by atoms with E-state index < -0.39 is 4.92 Å². The number of nitrogens with one attached hydrogen (secondary N) is 1. The van der Waals surface area contributed by atoms with Gasteiger partial charge in [0.1, 0.15) is 5.75 Å². The summed E-state index contributed by atoms with van der Waals surface area (Å²) in [5.74, 6) is 1.24. The van der Waals surface area contributed by atoms with Crippen LogP contribution in [0.25, 0.3) is 0 Å². The molecule has 1 atom stereocenters. The quantitative estimate of drug-likeness (QED) is 0.254. The van der Waals surface area contributed by atoms with Gasteiger partial charge in [0.15, 0.2) is 17.1 Å². The number of anilines is 1. The zero-order valence-electron chi connectivity index (χ0n) is 19.1. The number of nitro benzene ring substituents is 1. The van der Waals surface area contributed by atoms with Crippen LogP contribution >= 0.6 is 11.8 Å². The minimum absolute atomic E-state index is 0.0720. The Morgan fingerprint density at radius 3 is 2.58 bits per heavy atom. The van der Waals surface area contributed by atoms with E-state index in [0.29, 0.717) is 23.2 Å². The molecule has 1 heterocycles. The summed E-state index contributed by atoms with van der Waals surface area (Å²) in [5.41, 5.74) is 2.33. The minimum Gasteiger partial charge on any atom is -0.483 e. The molecule has 9 nitrogen and oxygen atoms in total. The van der Waals surface area contributed by atoms with Crippen molar-refractivity contribution in [2.75, 3.05) is 11.1 Å². The van der Waals surface area contributed by atoms with Crippen LogP contribution in [0.2, 0.25) is 0 Å². The van der Waals surface area contributed by atoms with Crippen LogP contribution in [-0.2, 0) is 17.8 Å². The molecule has 0 aliphatic heterocycles. The third kappa shape index (κ3) is 6.10. The first-order valence-electron chi connectivity index (χ1n) is 10.7. The Labute approximate surface area is 196 Å². The van der Waals surface area contributed by atoms with E-state index in [9.17, 15) is 14.9 Å². The maximum absolute atomic E-state index is 12.5. The average molecular weight is 470 g/mol. The summed E-state index contributed by atoms with van der Waals surface area (Å²) in [6, 6.07) is 12.3. The summed E-state index contributed by atoms with van der Waals surface area (Å²) in [5, 5.41) is 22.9. The number of ether oxygens (including phenoxy) is 1. The highest BCUT2D eigenvalue weighted by atomic mass is 32.2. The van der Waals surface area contributed by atoms with Crippen LogP contribution in [0.1, 0.15) is 43.8 Å². The molecule has 1 N–H and O–H groups in total. The van der Waals surface area contributed by atoms with Crippen LogP contribution in [0.3, 0.4) is 0 Å². The first kappa shape index (κ1) is 24.2. The lowest BCUT2D eigenvalue weighted by atomic mass is 10.2. The first-order valence-corrected chi connectivity index (χ1v) is 11.7. The van der Waals surface area contributed by atoms with E-state index >= 15 is 0 Å². The number of hydrogen-bond donors (Lipinski definition) is 1. The number of aromatic nitrogens is 3. The van der Waals surface area contributed by atoms with Crippen molar-refractivity contribution in [3.8, 4) is 5.75 Å². The first-order chi connectivity index (χ1) is 15.8. The van der Waals surface area contributed by atoms with Crippen LogP contribution in [0.15, 0.2) is 47.6 Å². The van der Waals surface area contributed by atoms with E-state index in [0.717, 1.165) is 17.7 Å². The molecule has 0 unspecified atom stereocenters. The molecule has 0 aliphatic rings. The van der Waals surface area contributed by atoms with Gasteiger partial charge in [0.2, 0.25) is 5.91 Å². The second-order valence-corrected chi connectivity index (χ2v) is 8.38. The van der Waals surface area contributed by atoms with Crippen molar-refractivity contribution >= 4 is 29.0 Å². The molecule has 0 saturated carbocycles. The maximum Gasteiger partial charge on any atom is 0.271 e. The SMILES string of the molecule is CCc1ccc(O[C@H](C)c2nnc(SCC(=O)Nc3cc([N+](=O)[O-])ccc3C)n2CC)cc1. The molecule has 1 amide bonds. The molecule has 3 aromatic rings. The van der Waals surface area contributed by atoms with E-state index in [1.807, 2.05) is 42.7 Å². The molecule has 33 heavy (non-hydrogen) atoms. The van der Waals surface area contributed by atoms with Crippen LogP contribution in [-0.4, -0.2) is 31.3 Å². The largest absolute Gasteiger partial charge is 0.483 e. The van der Waals surface area contributed by atoms with E-state index in [1.165, 1.54) is 29.5 Å². The van der Waals surface area contributed by atoms with Crippen molar-refractivity contribution < 1.29 is 14.5 Å². The minimum atomic E-state index is -0.490. The third-order valence-corrected chi connectivity index (χ3v) is 6.07. The van der Waals surface area contributed by atoms with E-state index in [-0.39, 0.29) is 23.5 Å². The van der Waals surface area contributed by atoms with Gasteiger partial charge >= 0.3 is 0 Å². The van der Waals surface area contributed by atoms with Gasteiger partial charge in [0.25, 0.3) is 5.69 Å². The Bertz CT molecular complexity index is 1130. The van der Waals surface area contributed by atoms with E-state index in [2.05, 4.69) is 22.4 Å². The number of hydrogen-bond acceptors (Lipinski definition) is 7. The Morgan fingerprint density at radius 1 is 1.21 bits per heavy atom. The zero-order valence-corrected chi connectivity index (χ0v) is 19.9. The Kier molecular flexibility index (Phi) is 8.05. The maximum atomic E-state index is 12.5. The lowest BCUT2D eigenvalue weighted by molar-refractivity contribution is -0.384. The topological polar surface area (TPSA) is 112 Å². The predicted octanol–water partition coefficient (Wildman–Crippen LogP) is 4.95. The van der Waals surface area contributed by atoms with Crippen LogP contribution in [0.4, 0.5) is 11.4 Å². The standard InChI is InChI=1S/C23H27N5O4S/c1-5-17-8-11-19(12-9-17)32-16(4)22-25-26-23(27(22)6-2)33-14-21(29)24-20-13-18(28(30)31)10-7-15(20)3/h7-13,16H,5-6,14H2,1-4H3,(H,24,29)/t16-/m1/s1. The van der Waals surface area contributed by atoms with Gasteiger partial charge in [-0.25, -0.2) is 0 Å². The molecular weight excluding hydrogens is 442 g/mol. The highest BCUT2D eigenvalue weighted by Crippen LogP contribution is 2.26. The lowest BCUT2D eigenvalue weighted by Crippen LogP contribution is -2.16. The summed E-state index contributed by atoms with van der Waals surface area (Å²) in [4.78, 5) is 23.0. The number of benzene rings is 2. The number of non-ortho nitro benzene ring substituents is 1. The van der Waals surface area contributed by atoms with Gasteiger partial charge in [-0.3, -0.25) is 14.9 Å².